The minimum Gasteiger partial charge on any atom is -0.480 e. The number of nitrogens with one attached hydrogen (secondary N) is 2. The Balaban J connectivity index is 1.97. The lowest BCUT2D eigenvalue weighted by molar-refractivity contribution is -0.139. The number of H-pyrrole nitrogens is 1. The van der Waals surface area contributed by atoms with Crippen molar-refractivity contribution in [3.8, 4) is 0 Å². The Labute approximate surface area is 150 Å². The van der Waals surface area contributed by atoms with Crippen LogP contribution in [0.3, 0.4) is 0 Å². The normalized spacial score (nSPS) is 11.9. The second-order valence-electron chi connectivity index (χ2n) is 5.81. The fourth-order valence-corrected chi connectivity index (χ4v) is 2.48. The molecule has 9 heteroatoms. The van der Waals surface area contributed by atoms with Crippen LogP contribution >= 0.6 is 0 Å². The molecule has 0 aliphatic carbocycles. The zero-order chi connectivity index (χ0) is 18.9. The van der Waals surface area contributed by atoms with E-state index in [1.54, 1.807) is 6.20 Å². The van der Waals surface area contributed by atoms with Gasteiger partial charge >= 0.3 is 5.97 Å². The lowest BCUT2D eigenvalue weighted by atomic mass is 10.1. The zero-order valence-corrected chi connectivity index (χ0v) is 14.1. The van der Waals surface area contributed by atoms with E-state index in [0.29, 0.717) is 12.2 Å². The Morgan fingerprint density at radius 3 is 2.54 bits per heavy atom. The first-order valence-corrected chi connectivity index (χ1v) is 7.98. The summed E-state index contributed by atoms with van der Waals surface area (Å²) in [5.74, 6) is -2.22. The standard InChI is InChI=1S/C17H21N5O4/c18-17(26)14(6-13-7-19-11-20-13)21-15(23)9-22(10-16(24)25)8-12-4-2-1-3-5-12/h1-5,7,11,14H,6,8-10H2,(H2,18,26)(H,19,20)(H,21,23)(H,24,25). The smallest absolute Gasteiger partial charge is 0.317 e. The number of aromatic amines is 1. The highest BCUT2D eigenvalue weighted by Crippen LogP contribution is 2.05. The van der Waals surface area contributed by atoms with Gasteiger partial charge in [-0.25, -0.2) is 4.98 Å². The molecule has 5 N–H and O–H groups in total. The van der Waals surface area contributed by atoms with Crippen molar-refractivity contribution in [1.82, 2.24) is 20.2 Å². The maximum absolute atomic E-state index is 12.3. The van der Waals surface area contributed by atoms with Gasteiger partial charge in [0.15, 0.2) is 0 Å². The molecule has 0 saturated heterocycles. The minimum atomic E-state index is -1.04. The fraction of sp³-hybridized carbons (Fsp3) is 0.294. The van der Waals surface area contributed by atoms with Crippen LogP contribution in [0.5, 0.6) is 0 Å². The number of imidazole rings is 1. The van der Waals surface area contributed by atoms with Crippen molar-refractivity contribution in [3.63, 3.8) is 0 Å². The molecule has 1 aromatic heterocycles. The third-order valence-electron chi connectivity index (χ3n) is 3.62. The molecule has 26 heavy (non-hydrogen) atoms. The summed E-state index contributed by atoms with van der Waals surface area (Å²) >= 11 is 0. The van der Waals surface area contributed by atoms with Crippen LogP contribution in [0.25, 0.3) is 0 Å². The van der Waals surface area contributed by atoms with Gasteiger partial charge in [0.2, 0.25) is 11.8 Å². The molecule has 0 radical (unpaired) electrons. The molecule has 1 heterocycles. The van der Waals surface area contributed by atoms with Gasteiger partial charge < -0.3 is 21.1 Å². The van der Waals surface area contributed by atoms with Crippen molar-refractivity contribution in [2.75, 3.05) is 13.1 Å². The molecule has 9 nitrogen and oxygen atoms in total. The summed E-state index contributed by atoms with van der Waals surface area (Å²) in [6.45, 7) is -0.185. The number of hydrogen-bond acceptors (Lipinski definition) is 5. The van der Waals surface area contributed by atoms with Gasteiger partial charge in [-0.3, -0.25) is 19.3 Å². The zero-order valence-electron chi connectivity index (χ0n) is 14.1. The van der Waals surface area contributed by atoms with E-state index in [1.807, 2.05) is 30.3 Å². The molecular weight excluding hydrogens is 338 g/mol. The lowest BCUT2D eigenvalue weighted by Crippen LogP contribution is -2.49. The van der Waals surface area contributed by atoms with E-state index in [0.717, 1.165) is 5.56 Å². The Bertz CT molecular complexity index is 733. The Morgan fingerprint density at radius 2 is 1.96 bits per heavy atom. The molecule has 2 rings (SSSR count). The van der Waals surface area contributed by atoms with Crippen LogP contribution in [-0.2, 0) is 27.3 Å². The maximum atomic E-state index is 12.3. The van der Waals surface area contributed by atoms with Gasteiger partial charge in [0, 0.05) is 19.2 Å². The van der Waals surface area contributed by atoms with Crippen molar-refractivity contribution in [2.24, 2.45) is 5.73 Å². The number of nitrogens with two attached hydrogens (primary N) is 1. The van der Waals surface area contributed by atoms with E-state index >= 15 is 0 Å². The molecule has 1 unspecified atom stereocenters. The molecule has 138 valence electrons. The second-order valence-corrected chi connectivity index (χ2v) is 5.81. The largest absolute Gasteiger partial charge is 0.480 e. The van der Waals surface area contributed by atoms with Gasteiger partial charge in [-0.15, -0.1) is 0 Å². The lowest BCUT2D eigenvalue weighted by Gasteiger charge is -2.21. The van der Waals surface area contributed by atoms with Crippen LogP contribution in [0.1, 0.15) is 11.3 Å². The molecule has 0 aliphatic rings. The van der Waals surface area contributed by atoms with Gasteiger partial charge in [-0.2, -0.15) is 0 Å². The van der Waals surface area contributed by atoms with Crippen molar-refractivity contribution < 1.29 is 19.5 Å². The van der Waals surface area contributed by atoms with Crippen LogP contribution < -0.4 is 11.1 Å². The number of benzene rings is 1. The average Bonchev–Trinajstić information content (AvgIpc) is 3.07. The molecule has 0 spiro atoms. The number of amides is 2. The summed E-state index contributed by atoms with van der Waals surface area (Å²) < 4.78 is 0. The third kappa shape index (κ3) is 6.36. The number of carbonyl (C=O) groups is 3. The highest BCUT2D eigenvalue weighted by atomic mass is 16.4. The Morgan fingerprint density at radius 1 is 1.23 bits per heavy atom. The molecule has 0 bridgehead atoms. The predicted octanol–water partition coefficient (Wildman–Crippen LogP) is -0.491. The molecule has 1 atom stereocenters. The number of hydrogen-bond donors (Lipinski definition) is 4. The van der Waals surface area contributed by atoms with Gasteiger partial charge in [-0.05, 0) is 5.56 Å². The van der Waals surface area contributed by atoms with E-state index in [-0.39, 0.29) is 19.5 Å². The second kappa shape index (κ2) is 9.33. The number of primary amides is 1. The molecule has 1 aromatic carbocycles. The number of aromatic nitrogens is 2. The Kier molecular flexibility index (Phi) is 6.86. The highest BCUT2D eigenvalue weighted by molar-refractivity contribution is 5.87. The summed E-state index contributed by atoms with van der Waals surface area (Å²) in [6, 6.07) is 8.29. The number of aliphatic carboxylic acids is 1. The van der Waals surface area contributed by atoms with Crippen LogP contribution in [0.15, 0.2) is 42.9 Å². The number of nitrogens with zero attached hydrogens (tertiary/aromatic N) is 2. The summed E-state index contributed by atoms with van der Waals surface area (Å²) in [5.41, 5.74) is 6.80. The fourth-order valence-electron chi connectivity index (χ4n) is 2.48. The van der Waals surface area contributed by atoms with Gasteiger partial charge in [0.05, 0.1) is 25.1 Å². The minimum absolute atomic E-state index is 0.155. The van der Waals surface area contributed by atoms with Gasteiger partial charge in [0.1, 0.15) is 6.04 Å². The molecule has 0 saturated carbocycles. The number of carboxylic acids is 1. The number of carbonyl (C=O) groups excluding carboxylic acids is 2. The third-order valence-corrected chi connectivity index (χ3v) is 3.62. The van der Waals surface area contributed by atoms with Crippen molar-refractivity contribution >= 4 is 17.8 Å². The SMILES string of the molecule is NC(=O)C(Cc1c[nH]cn1)NC(=O)CN(CC(=O)O)Cc1ccccc1. The maximum Gasteiger partial charge on any atom is 0.317 e. The first kappa shape index (κ1) is 19.1. The summed E-state index contributed by atoms with van der Waals surface area (Å²) in [6.07, 6.45) is 3.22. The van der Waals surface area contributed by atoms with Crippen molar-refractivity contribution in [1.29, 1.82) is 0 Å². The van der Waals surface area contributed by atoms with Gasteiger partial charge in [-0.1, -0.05) is 30.3 Å². The average molecular weight is 359 g/mol. The van der Waals surface area contributed by atoms with Crippen LogP contribution in [0.4, 0.5) is 0 Å². The van der Waals surface area contributed by atoms with E-state index < -0.39 is 23.8 Å². The van der Waals surface area contributed by atoms with Crippen LogP contribution in [-0.4, -0.2) is 56.9 Å². The molecule has 2 aromatic rings. The summed E-state index contributed by atoms with van der Waals surface area (Å²) in [5, 5.41) is 11.6. The quantitative estimate of drug-likeness (QED) is 0.451. The Hall–Kier alpha value is -3.20. The highest BCUT2D eigenvalue weighted by Gasteiger charge is 2.21. The van der Waals surface area contributed by atoms with Crippen molar-refractivity contribution in [3.05, 3.63) is 54.1 Å². The van der Waals surface area contributed by atoms with Crippen LogP contribution in [0, 0.1) is 0 Å². The topological polar surface area (TPSA) is 141 Å². The number of carboxylic acid groups (broad SMARTS) is 1. The molecule has 2 amide bonds. The summed E-state index contributed by atoms with van der Waals surface area (Å²) in [7, 11) is 0. The van der Waals surface area contributed by atoms with E-state index in [4.69, 9.17) is 10.8 Å². The predicted molar refractivity (Wildman–Crippen MR) is 92.8 cm³/mol. The first-order chi connectivity index (χ1) is 12.4. The first-order valence-electron chi connectivity index (χ1n) is 7.98. The van der Waals surface area contributed by atoms with Gasteiger partial charge in [0.25, 0.3) is 0 Å². The van der Waals surface area contributed by atoms with Crippen molar-refractivity contribution in [2.45, 2.75) is 19.0 Å². The molecular formula is C17H21N5O4. The monoisotopic (exact) mass is 359 g/mol. The molecule has 0 fully saturated rings. The molecule has 0 aliphatic heterocycles. The van der Waals surface area contributed by atoms with E-state index in [2.05, 4.69) is 15.3 Å². The number of rotatable bonds is 10. The summed E-state index contributed by atoms with van der Waals surface area (Å²) in [4.78, 5) is 43.2. The van der Waals surface area contributed by atoms with E-state index in [9.17, 15) is 14.4 Å². The van der Waals surface area contributed by atoms with Crippen LogP contribution in [0.2, 0.25) is 0 Å². The van der Waals surface area contributed by atoms with E-state index in [1.165, 1.54) is 11.2 Å².